The van der Waals surface area contributed by atoms with Crippen molar-refractivity contribution >= 4 is 23.5 Å². The van der Waals surface area contributed by atoms with Gasteiger partial charge < -0.3 is 20.1 Å². The number of fused-ring (bicyclic) bond motifs is 1. The zero-order chi connectivity index (χ0) is 18.5. The predicted molar refractivity (Wildman–Crippen MR) is 94.6 cm³/mol. The molecule has 1 aromatic carbocycles. The number of ether oxygens (including phenoxy) is 2. The fourth-order valence-corrected chi connectivity index (χ4v) is 3.36. The smallest absolute Gasteiger partial charge is 0.310 e. The average molecular weight is 360 g/mol. The van der Waals surface area contributed by atoms with Crippen LogP contribution in [0.2, 0.25) is 0 Å². The second-order valence-electron chi connectivity index (χ2n) is 6.89. The Hall–Kier alpha value is -2.57. The molecular weight excluding hydrogens is 336 g/mol. The van der Waals surface area contributed by atoms with Crippen LogP contribution in [0.25, 0.3) is 0 Å². The lowest BCUT2D eigenvalue weighted by molar-refractivity contribution is -0.151. The molecular formula is C19H24N2O5. The van der Waals surface area contributed by atoms with Crippen LogP contribution in [-0.2, 0) is 19.1 Å². The van der Waals surface area contributed by atoms with Crippen molar-refractivity contribution in [3.8, 4) is 5.75 Å². The quantitative estimate of drug-likeness (QED) is 0.784. The lowest BCUT2D eigenvalue weighted by Gasteiger charge is -2.29. The van der Waals surface area contributed by atoms with E-state index in [1.54, 1.807) is 24.3 Å². The van der Waals surface area contributed by atoms with Gasteiger partial charge in [-0.3, -0.25) is 14.4 Å². The highest BCUT2D eigenvalue weighted by Gasteiger charge is 2.30. The third-order valence-corrected chi connectivity index (χ3v) is 4.88. The molecule has 0 bridgehead atoms. The lowest BCUT2D eigenvalue weighted by atomic mass is 9.86. The molecule has 1 fully saturated rings. The first kappa shape index (κ1) is 18.2. The molecule has 0 radical (unpaired) electrons. The number of nitrogens with one attached hydrogen (secondary N) is 2. The van der Waals surface area contributed by atoms with Gasteiger partial charge in [0, 0.05) is 6.04 Å². The van der Waals surface area contributed by atoms with Gasteiger partial charge in [0.2, 0.25) is 0 Å². The number of rotatable bonds is 5. The second kappa shape index (κ2) is 8.21. The standard InChI is InChI=1S/C19H24N2O5/c1-12-6-2-3-7-13(12)20-17(22)11-25-18(23)10-16-19(24)21-14-8-4-5-9-15(14)26-16/h4-5,8-9,12-13,16H,2-3,6-7,10-11H2,1H3,(H,20,22)(H,21,24). The molecule has 0 saturated heterocycles. The van der Waals surface area contributed by atoms with Crippen molar-refractivity contribution in [2.24, 2.45) is 5.92 Å². The van der Waals surface area contributed by atoms with Crippen LogP contribution in [-0.4, -0.2) is 36.5 Å². The fourth-order valence-electron chi connectivity index (χ4n) is 3.36. The first-order chi connectivity index (χ1) is 12.5. The van der Waals surface area contributed by atoms with E-state index in [2.05, 4.69) is 17.6 Å². The van der Waals surface area contributed by atoms with Gasteiger partial charge in [0.25, 0.3) is 11.8 Å². The summed E-state index contributed by atoms with van der Waals surface area (Å²) in [6.45, 7) is 1.78. The van der Waals surface area contributed by atoms with Crippen LogP contribution in [0.5, 0.6) is 5.75 Å². The topological polar surface area (TPSA) is 93.7 Å². The maximum Gasteiger partial charge on any atom is 0.310 e. The maximum absolute atomic E-state index is 12.0. The average Bonchev–Trinajstić information content (AvgIpc) is 2.62. The van der Waals surface area contributed by atoms with Crippen LogP contribution >= 0.6 is 0 Å². The molecule has 1 aliphatic heterocycles. The van der Waals surface area contributed by atoms with Gasteiger partial charge in [0.1, 0.15) is 5.75 Å². The lowest BCUT2D eigenvalue weighted by Crippen LogP contribution is -2.43. The zero-order valence-corrected chi connectivity index (χ0v) is 14.8. The Balaban J connectivity index is 1.44. The van der Waals surface area contributed by atoms with Crippen molar-refractivity contribution in [3.63, 3.8) is 0 Å². The third-order valence-electron chi connectivity index (χ3n) is 4.88. The molecule has 1 aliphatic carbocycles. The Bertz CT molecular complexity index is 690. The number of carbonyl (C=O) groups is 3. The van der Waals surface area contributed by atoms with Crippen molar-refractivity contribution in [1.29, 1.82) is 0 Å². The molecule has 1 heterocycles. The van der Waals surface area contributed by atoms with Crippen LogP contribution in [0.1, 0.15) is 39.0 Å². The number of para-hydroxylation sites is 2. The van der Waals surface area contributed by atoms with Crippen molar-refractivity contribution in [2.75, 3.05) is 11.9 Å². The zero-order valence-electron chi connectivity index (χ0n) is 14.8. The molecule has 7 nitrogen and oxygen atoms in total. The summed E-state index contributed by atoms with van der Waals surface area (Å²) in [6, 6.07) is 7.13. The van der Waals surface area contributed by atoms with Gasteiger partial charge in [-0.25, -0.2) is 0 Å². The predicted octanol–water partition coefficient (Wildman–Crippen LogP) is 2.01. The van der Waals surface area contributed by atoms with Crippen molar-refractivity contribution in [3.05, 3.63) is 24.3 Å². The van der Waals surface area contributed by atoms with Crippen LogP contribution < -0.4 is 15.4 Å². The van der Waals surface area contributed by atoms with Crippen LogP contribution in [0, 0.1) is 5.92 Å². The molecule has 0 aromatic heterocycles. The first-order valence-electron chi connectivity index (χ1n) is 9.04. The van der Waals surface area contributed by atoms with Crippen molar-refractivity contribution < 1.29 is 23.9 Å². The van der Waals surface area contributed by atoms with Gasteiger partial charge in [-0.2, -0.15) is 0 Å². The van der Waals surface area contributed by atoms with Gasteiger partial charge in [-0.15, -0.1) is 0 Å². The number of esters is 1. The highest BCUT2D eigenvalue weighted by molar-refractivity contribution is 5.99. The van der Waals surface area contributed by atoms with Crippen LogP contribution in [0.4, 0.5) is 5.69 Å². The molecule has 1 saturated carbocycles. The number of anilines is 1. The molecule has 2 N–H and O–H groups in total. The van der Waals surface area contributed by atoms with Gasteiger partial charge in [0.05, 0.1) is 12.1 Å². The molecule has 3 atom stereocenters. The van der Waals surface area contributed by atoms with E-state index in [4.69, 9.17) is 9.47 Å². The number of amides is 2. The van der Waals surface area contributed by atoms with Gasteiger partial charge in [-0.05, 0) is 30.9 Å². The van der Waals surface area contributed by atoms with Crippen molar-refractivity contribution in [1.82, 2.24) is 5.32 Å². The maximum atomic E-state index is 12.0. The van der Waals surface area contributed by atoms with E-state index in [9.17, 15) is 14.4 Å². The first-order valence-corrected chi connectivity index (χ1v) is 9.04. The number of carbonyl (C=O) groups excluding carboxylic acids is 3. The Morgan fingerprint density at radius 3 is 2.85 bits per heavy atom. The summed E-state index contributed by atoms with van der Waals surface area (Å²) in [5.74, 6) is -0.411. The molecule has 2 aliphatic rings. The normalized spacial score (nSPS) is 24.7. The number of hydrogen-bond acceptors (Lipinski definition) is 5. The van der Waals surface area contributed by atoms with Crippen LogP contribution in [0.15, 0.2) is 24.3 Å². The monoisotopic (exact) mass is 360 g/mol. The molecule has 140 valence electrons. The van der Waals surface area contributed by atoms with E-state index >= 15 is 0 Å². The highest BCUT2D eigenvalue weighted by Crippen LogP contribution is 2.29. The minimum absolute atomic E-state index is 0.138. The summed E-state index contributed by atoms with van der Waals surface area (Å²) in [5, 5.41) is 5.61. The molecule has 26 heavy (non-hydrogen) atoms. The van der Waals surface area contributed by atoms with Crippen molar-refractivity contribution in [2.45, 2.75) is 51.2 Å². The van der Waals surface area contributed by atoms with Gasteiger partial charge in [-0.1, -0.05) is 31.9 Å². The molecule has 1 aromatic rings. The molecule has 0 spiro atoms. The summed E-state index contributed by atoms with van der Waals surface area (Å²) in [5.41, 5.74) is 0.572. The van der Waals surface area contributed by atoms with E-state index in [0.717, 1.165) is 19.3 Å². The number of benzene rings is 1. The van der Waals surface area contributed by atoms with E-state index in [1.807, 2.05) is 0 Å². The van der Waals surface area contributed by atoms with E-state index < -0.39 is 18.0 Å². The Morgan fingerprint density at radius 1 is 1.27 bits per heavy atom. The molecule has 3 rings (SSSR count). The van der Waals surface area contributed by atoms with E-state index in [0.29, 0.717) is 17.4 Å². The van der Waals surface area contributed by atoms with E-state index in [1.165, 1.54) is 6.42 Å². The largest absolute Gasteiger partial charge is 0.478 e. The summed E-state index contributed by atoms with van der Waals surface area (Å²) < 4.78 is 10.6. The number of hydrogen-bond donors (Lipinski definition) is 2. The third kappa shape index (κ3) is 4.53. The van der Waals surface area contributed by atoms with Gasteiger partial charge >= 0.3 is 5.97 Å². The second-order valence-corrected chi connectivity index (χ2v) is 6.89. The van der Waals surface area contributed by atoms with Crippen LogP contribution in [0.3, 0.4) is 0 Å². The molecule has 7 heteroatoms. The molecule has 3 unspecified atom stereocenters. The Kier molecular flexibility index (Phi) is 5.75. The molecule has 2 amide bonds. The fraction of sp³-hybridized carbons (Fsp3) is 0.526. The highest BCUT2D eigenvalue weighted by atomic mass is 16.5. The summed E-state index contributed by atoms with van der Waals surface area (Å²) in [7, 11) is 0. The minimum Gasteiger partial charge on any atom is -0.478 e. The summed E-state index contributed by atoms with van der Waals surface area (Å²) >= 11 is 0. The summed E-state index contributed by atoms with van der Waals surface area (Å²) in [4.78, 5) is 36.0. The van der Waals surface area contributed by atoms with E-state index in [-0.39, 0.29) is 25.0 Å². The van der Waals surface area contributed by atoms with Gasteiger partial charge in [0.15, 0.2) is 12.7 Å². The Labute approximate surface area is 152 Å². The Morgan fingerprint density at radius 2 is 2.04 bits per heavy atom. The summed E-state index contributed by atoms with van der Waals surface area (Å²) in [6.07, 6.45) is 3.14. The SMILES string of the molecule is CC1CCCCC1NC(=O)COC(=O)CC1Oc2ccccc2NC1=O. The minimum atomic E-state index is -0.959.